The fourth-order valence-corrected chi connectivity index (χ4v) is 4.56. The Labute approximate surface area is 166 Å². The summed E-state index contributed by atoms with van der Waals surface area (Å²) in [6.07, 6.45) is 4.03. The molecule has 1 amide bonds. The predicted octanol–water partition coefficient (Wildman–Crippen LogP) is 4.34. The quantitative estimate of drug-likeness (QED) is 0.664. The number of carbonyl (C=O) groups is 1. The molecule has 6 nitrogen and oxygen atoms in total. The monoisotopic (exact) mass is 402 g/mol. The summed E-state index contributed by atoms with van der Waals surface area (Å²) in [6.45, 7) is 4.97. The van der Waals surface area contributed by atoms with Crippen molar-refractivity contribution in [1.29, 1.82) is 0 Å². The molecule has 0 bridgehead atoms. The Hall–Kier alpha value is -2.03. The molecule has 3 aromatic heterocycles. The number of thiophene rings is 1. The van der Waals surface area contributed by atoms with Crippen LogP contribution >= 0.6 is 22.7 Å². The third-order valence-electron chi connectivity index (χ3n) is 4.59. The highest BCUT2D eigenvalue weighted by Gasteiger charge is 2.17. The molecule has 3 aromatic rings. The van der Waals surface area contributed by atoms with Crippen LogP contribution in [-0.4, -0.2) is 33.9 Å². The van der Waals surface area contributed by atoms with Crippen molar-refractivity contribution in [1.82, 2.24) is 14.9 Å². The number of nitrogens with zero attached hydrogens (tertiary/aromatic N) is 3. The van der Waals surface area contributed by atoms with E-state index in [0.717, 1.165) is 30.2 Å². The van der Waals surface area contributed by atoms with Crippen molar-refractivity contribution in [3.8, 4) is 10.8 Å². The van der Waals surface area contributed by atoms with Crippen LogP contribution in [0.1, 0.15) is 36.4 Å². The molecule has 0 atom stereocenters. The van der Waals surface area contributed by atoms with Gasteiger partial charge in [0.05, 0.1) is 22.7 Å². The molecule has 4 rings (SSSR count). The van der Waals surface area contributed by atoms with Gasteiger partial charge in [-0.05, 0) is 44.3 Å². The van der Waals surface area contributed by atoms with Crippen LogP contribution in [0, 0.1) is 6.92 Å². The van der Waals surface area contributed by atoms with Crippen LogP contribution in [0.2, 0.25) is 0 Å². The fourth-order valence-electron chi connectivity index (χ4n) is 3.20. The van der Waals surface area contributed by atoms with Gasteiger partial charge in [0.15, 0.2) is 5.13 Å². The number of amides is 1. The summed E-state index contributed by atoms with van der Waals surface area (Å²) in [6, 6.07) is 3.91. The number of hydrogen-bond acceptors (Lipinski definition) is 7. The van der Waals surface area contributed by atoms with Crippen molar-refractivity contribution < 1.29 is 9.21 Å². The number of piperidine rings is 1. The number of carbonyl (C=O) groups excluding carboxylic acids is 1. The Morgan fingerprint density at radius 3 is 2.89 bits per heavy atom. The third kappa shape index (κ3) is 4.63. The zero-order valence-corrected chi connectivity index (χ0v) is 16.9. The van der Waals surface area contributed by atoms with Gasteiger partial charge < -0.3 is 9.73 Å². The number of hydrogen-bond donors (Lipinski definition) is 1. The molecule has 0 unspecified atom stereocenters. The van der Waals surface area contributed by atoms with E-state index in [0.29, 0.717) is 22.5 Å². The molecule has 0 radical (unpaired) electrons. The van der Waals surface area contributed by atoms with Crippen molar-refractivity contribution in [2.24, 2.45) is 0 Å². The lowest BCUT2D eigenvalue weighted by Crippen LogP contribution is -2.29. The Kier molecular flexibility index (Phi) is 5.66. The van der Waals surface area contributed by atoms with Gasteiger partial charge in [0, 0.05) is 11.9 Å². The summed E-state index contributed by atoms with van der Waals surface area (Å²) in [5.41, 5.74) is 1.69. The average Bonchev–Trinajstić information content (AvgIpc) is 3.39. The number of likely N-dealkylation sites (tertiary alicyclic amines) is 1. The maximum Gasteiger partial charge on any atom is 0.236 e. The predicted molar refractivity (Wildman–Crippen MR) is 108 cm³/mol. The lowest BCUT2D eigenvalue weighted by molar-refractivity contribution is -0.115. The molecular formula is C19H22N4O2S2. The SMILES string of the molecule is Cc1oc(-c2cccs2)nc1CC(=O)Nc1nc(CN2CCCCC2)cs1. The van der Waals surface area contributed by atoms with Gasteiger partial charge in [0.1, 0.15) is 5.76 Å². The van der Waals surface area contributed by atoms with E-state index in [1.807, 2.05) is 29.8 Å². The van der Waals surface area contributed by atoms with E-state index >= 15 is 0 Å². The van der Waals surface area contributed by atoms with E-state index in [1.54, 1.807) is 11.3 Å². The maximum atomic E-state index is 12.4. The van der Waals surface area contributed by atoms with Gasteiger partial charge in [-0.15, -0.1) is 22.7 Å². The van der Waals surface area contributed by atoms with Gasteiger partial charge in [-0.3, -0.25) is 9.69 Å². The Morgan fingerprint density at radius 1 is 1.26 bits per heavy atom. The zero-order valence-electron chi connectivity index (χ0n) is 15.2. The molecule has 8 heteroatoms. The standard InChI is InChI=1S/C19H22N4O2S2/c1-13-15(21-18(25-13)16-6-5-9-26-16)10-17(24)22-19-20-14(12-27-19)11-23-7-3-2-4-8-23/h5-6,9,12H,2-4,7-8,10-11H2,1H3,(H,20,22,24). The first-order valence-electron chi connectivity index (χ1n) is 9.14. The van der Waals surface area contributed by atoms with Gasteiger partial charge in [-0.1, -0.05) is 12.5 Å². The van der Waals surface area contributed by atoms with Gasteiger partial charge in [-0.25, -0.2) is 9.97 Å². The highest BCUT2D eigenvalue weighted by atomic mass is 32.1. The summed E-state index contributed by atoms with van der Waals surface area (Å²) in [4.78, 5) is 24.8. The molecule has 1 saturated heterocycles. The molecule has 1 N–H and O–H groups in total. The van der Waals surface area contributed by atoms with Crippen LogP contribution in [0.3, 0.4) is 0 Å². The number of aromatic nitrogens is 2. The summed E-state index contributed by atoms with van der Waals surface area (Å²) < 4.78 is 5.70. The highest BCUT2D eigenvalue weighted by Crippen LogP contribution is 2.26. The first-order valence-corrected chi connectivity index (χ1v) is 10.9. The second-order valence-corrected chi connectivity index (χ2v) is 8.51. The third-order valence-corrected chi connectivity index (χ3v) is 6.25. The smallest absolute Gasteiger partial charge is 0.236 e. The highest BCUT2D eigenvalue weighted by molar-refractivity contribution is 7.14. The van der Waals surface area contributed by atoms with E-state index in [1.165, 1.54) is 30.6 Å². The largest absolute Gasteiger partial charge is 0.440 e. The Morgan fingerprint density at radius 2 is 2.11 bits per heavy atom. The van der Waals surface area contributed by atoms with Crippen molar-refractivity contribution in [3.05, 3.63) is 40.0 Å². The van der Waals surface area contributed by atoms with Crippen molar-refractivity contribution in [2.45, 2.75) is 39.2 Å². The number of nitrogens with one attached hydrogen (secondary N) is 1. The summed E-state index contributed by atoms with van der Waals surface area (Å²) in [5, 5.41) is 7.54. The minimum Gasteiger partial charge on any atom is -0.440 e. The molecular weight excluding hydrogens is 380 g/mol. The van der Waals surface area contributed by atoms with E-state index in [9.17, 15) is 4.79 Å². The lowest BCUT2D eigenvalue weighted by atomic mass is 10.1. The van der Waals surface area contributed by atoms with E-state index in [-0.39, 0.29) is 12.3 Å². The molecule has 1 fully saturated rings. The molecule has 0 aromatic carbocycles. The van der Waals surface area contributed by atoms with Gasteiger partial charge in [0.25, 0.3) is 0 Å². The molecule has 142 valence electrons. The minimum absolute atomic E-state index is 0.122. The second kappa shape index (κ2) is 8.33. The topological polar surface area (TPSA) is 71.3 Å². The first kappa shape index (κ1) is 18.3. The number of oxazole rings is 1. The number of rotatable bonds is 6. The maximum absolute atomic E-state index is 12.4. The van der Waals surface area contributed by atoms with Crippen molar-refractivity contribution in [3.63, 3.8) is 0 Å². The fraction of sp³-hybridized carbons (Fsp3) is 0.421. The first-order chi connectivity index (χ1) is 13.2. The molecule has 0 spiro atoms. The van der Waals surface area contributed by atoms with Crippen molar-refractivity contribution >= 4 is 33.7 Å². The molecule has 0 saturated carbocycles. The molecule has 0 aliphatic carbocycles. The molecule has 1 aliphatic heterocycles. The minimum atomic E-state index is -0.122. The second-order valence-electron chi connectivity index (χ2n) is 6.70. The number of anilines is 1. The summed E-state index contributed by atoms with van der Waals surface area (Å²) in [5.74, 6) is 1.13. The Bertz CT molecular complexity index is 895. The van der Waals surface area contributed by atoms with Gasteiger partial charge in [-0.2, -0.15) is 0 Å². The summed E-state index contributed by atoms with van der Waals surface area (Å²) in [7, 11) is 0. The van der Waals surface area contributed by atoms with Crippen LogP contribution < -0.4 is 5.32 Å². The van der Waals surface area contributed by atoms with E-state index in [4.69, 9.17) is 4.42 Å². The molecule has 27 heavy (non-hydrogen) atoms. The van der Waals surface area contributed by atoms with E-state index in [2.05, 4.69) is 20.2 Å². The van der Waals surface area contributed by atoms with Gasteiger partial charge >= 0.3 is 0 Å². The van der Waals surface area contributed by atoms with Crippen LogP contribution in [-0.2, 0) is 17.8 Å². The molecule has 1 aliphatic rings. The van der Waals surface area contributed by atoms with Crippen LogP contribution in [0.4, 0.5) is 5.13 Å². The normalized spacial score (nSPS) is 15.1. The van der Waals surface area contributed by atoms with Gasteiger partial charge in [0.2, 0.25) is 11.8 Å². The molecule has 4 heterocycles. The van der Waals surface area contributed by atoms with Crippen LogP contribution in [0.5, 0.6) is 0 Å². The van der Waals surface area contributed by atoms with Crippen LogP contribution in [0.25, 0.3) is 10.8 Å². The lowest BCUT2D eigenvalue weighted by Gasteiger charge is -2.25. The van der Waals surface area contributed by atoms with Crippen LogP contribution in [0.15, 0.2) is 27.3 Å². The van der Waals surface area contributed by atoms with E-state index < -0.39 is 0 Å². The summed E-state index contributed by atoms with van der Waals surface area (Å²) >= 11 is 3.04. The van der Waals surface area contributed by atoms with Crippen molar-refractivity contribution in [2.75, 3.05) is 18.4 Å². The Balaban J connectivity index is 1.34. The average molecular weight is 403 g/mol. The number of aryl methyl sites for hydroxylation is 1. The zero-order chi connectivity index (χ0) is 18.6. The number of thiazole rings is 1.